The van der Waals surface area contributed by atoms with E-state index in [0.29, 0.717) is 37.4 Å². The van der Waals surface area contributed by atoms with Gasteiger partial charge in [0.15, 0.2) is 0 Å². The Bertz CT molecular complexity index is 797. The average Bonchev–Trinajstić information content (AvgIpc) is 2.69. The van der Waals surface area contributed by atoms with E-state index in [0.717, 1.165) is 10.2 Å². The molecule has 0 fully saturated rings. The van der Waals surface area contributed by atoms with Gasteiger partial charge in [-0.2, -0.15) is 0 Å². The van der Waals surface area contributed by atoms with Crippen molar-refractivity contribution in [1.29, 1.82) is 0 Å². The van der Waals surface area contributed by atoms with Crippen molar-refractivity contribution in [3.63, 3.8) is 0 Å². The second-order valence-corrected chi connectivity index (χ2v) is 7.01. The molecule has 0 aromatic heterocycles. The molecule has 2 aromatic rings. The molecule has 150 valence electrons. The van der Waals surface area contributed by atoms with E-state index in [1.807, 2.05) is 31.2 Å². The molecule has 0 heterocycles. The minimum Gasteiger partial charge on any atom is -0.497 e. The first-order chi connectivity index (χ1) is 13.5. The first-order valence-electron chi connectivity index (χ1n) is 9.12. The Labute approximate surface area is 174 Å². The van der Waals surface area contributed by atoms with Crippen LogP contribution in [0.25, 0.3) is 0 Å². The number of anilines is 1. The van der Waals surface area contributed by atoms with Gasteiger partial charge in [-0.15, -0.1) is 0 Å². The van der Waals surface area contributed by atoms with Crippen LogP contribution in [0.3, 0.4) is 0 Å². The summed E-state index contributed by atoms with van der Waals surface area (Å²) in [6.07, 6.45) is 0.910. The number of amides is 2. The highest BCUT2D eigenvalue weighted by atomic mass is 79.9. The maximum absolute atomic E-state index is 12.4. The lowest BCUT2D eigenvalue weighted by atomic mass is 10.2. The number of benzene rings is 2. The van der Waals surface area contributed by atoms with Crippen LogP contribution in [0.5, 0.6) is 11.5 Å². The monoisotopic (exact) mass is 448 g/mol. The number of methoxy groups -OCH3 is 1. The van der Waals surface area contributed by atoms with Crippen molar-refractivity contribution in [2.75, 3.05) is 32.1 Å². The van der Waals surface area contributed by atoms with Gasteiger partial charge in [0.1, 0.15) is 11.5 Å². The van der Waals surface area contributed by atoms with E-state index in [4.69, 9.17) is 9.47 Å². The van der Waals surface area contributed by atoms with Gasteiger partial charge in [0.25, 0.3) is 0 Å². The van der Waals surface area contributed by atoms with Crippen molar-refractivity contribution < 1.29 is 19.1 Å². The highest BCUT2D eigenvalue weighted by Crippen LogP contribution is 2.18. The molecular formula is C21H25BrN2O4. The molecule has 7 heteroatoms. The highest BCUT2D eigenvalue weighted by Gasteiger charge is 2.15. The lowest BCUT2D eigenvalue weighted by molar-refractivity contribution is -0.134. The molecule has 0 saturated carbocycles. The van der Waals surface area contributed by atoms with E-state index in [1.165, 1.54) is 4.90 Å². The van der Waals surface area contributed by atoms with Crippen LogP contribution in [-0.2, 0) is 9.59 Å². The van der Waals surface area contributed by atoms with E-state index in [9.17, 15) is 9.59 Å². The maximum atomic E-state index is 12.4. The summed E-state index contributed by atoms with van der Waals surface area (Å²) in [4.78, 5) is 26.2. The molecule has 0 radical (unpaired) electrons. The molecule has 0 unspecified atom stereocenters. The van der Waals surface area contributed by atoms with Crippen molar-refractivity contribution >= 4 is 33.4 Å². The van der Waals surface area contributed by atoms with Crippen LogP contribution >= 0.6 is 15.9 Å². The van der Waals surface area contributed by atoms with Crippen molar-refractivity contribution in [3.05, 3.63) is 53.0 Å². The maximum Gasteiger partial charge on any atom is 0.243 e. The molecule has 0 saturated heterocycles. The molecule has 6 nitrogen and oxygen atoms in total. The number of hydrogen-bond acceptors (Lipinski definition) is 4. The van der Waals surface area contributed by atoms with Crippen LogP contribution in [0.2, 0.25) is 0 Å². The Morgan fingerprint density at radius 1 is 1.11 bits per heavy atom. The average molecular weight is 449 g/mol. The van der Waals surface area contributed by atoms with Crippen LogP contribution in [0.1, 0.15) is 19.8 Å². The number of nitrogens with one attached hydrogen (secondary N) is 1. The predicted molar refractivity (Wildman–Crippen MR) is 113 cm³/mol. The molecule has 2 rings (SSSR count). The molecule has 2 amide bonds. The molecule has 0 atom stereocenters. The predicted octanol–water partition coefficient (Wildman–Crippen LogP) is 4.10. The standard InChI is InChI=1S/C21H25BrN2O4/c1-3-24(15-20(25)23-17-8-5-9-18(14-17)27-2)21(26)11-6-12-28-19-10-4-7-16(22)13-19/h4-5,7-10,13-14H,3,6,11-12,15H2,1-2H3,(H,23,25). The zero-order valence-electron chi connectivity index (χ0n) is 16.1. The van der Waals surface area contributed by atoms with Crippen LogP contribution in [-0.4, -0.2) is 43.5 Å². The summed E-state index contributed by atoms with van der Waals surface area (Å²) in [7, 11) is 1.57. The van der Waals surface area contributed by atoms with Gasteiger partial charge in [-0.25, -0.2) is 0 Å². The largest absolute Gasteiger partial charge is 0.497 e. The smallest absolute Gasteiger partial charge is 0.243 e. The minimum atomic E-state index is -0.242. The fraction of sp³-hybridized carbons (Fsp3) is 0.333. The molecule has 0 spiro atoms. The van der Waals surface area contributed by atoms with Gasteiger partial charge < -0.3 is 19.7 Å². The zero-order valence-corrected chi connectivity index (χ0v) is 17.7. The van der Waals surface area contributed by atoms with E-state index >= 15 is 0 Å². The molecule has 0 aliphatic rings. The lowest BCUT2D eigenvalue weighted by Gasteiger charge is -2.20. The second kappa shape index (κ2) is 11.3. The van der Waals surface area contributed by atoms with Gasteiger partial charge >= 0.3 is 0 Å². The molecule has 0 aliphatic carbocycles. The molecule has 2 aromatic carbocycles. The zero-order chi connectivity index (χ0) is 20.4. The Balaban J connectivity index is 1.76. The SMILES string of the molecule is CCN(CC(=O)Nc1cccc(OC)c1)C(=O)CCCOc1cccc(Br)c1. The first-order valence-corrected chi connectivity index (χ1v) is 9.91. The van der Waals surface area contributed by atoms with Gasteiger partial charge in [0.05, 0.1) is 20.3 Å². The summed E-state index contributed by atoms with van der Waals surface area (Å²) in [5, 5.41) is 2.79. The van der Waals surface area contributed by atoms with E-state index in [1.54, 1.807) is 31.4 Å². The summed E-state index contributed by atoms with van der Waals surface area (Å²) in [5.41, 5.74) is 0.635. The molecular weight excluding hydrogens is 424 g/mol. The lowest BCUT2D eigenvalue weighted by Crippen LogP contribution is -2.37. The number of halogens is 1. The Morgan fingerprint density at radius 2 is 1.86 bits per heavy atom. The highest BCUT2D eigenvalue weighted by molar-refractivity contribution is 9.10. The van der Waals surface area contributed by atoms with Gasteiger partial charge in [0.2, 0.25) is 11.8 Å². The molecule has 1 N–H and O–H groups in total. The number of carbonyl (C=O) groups is 2. The number of carbonyl (C=O) groups excluding carboxylic acids is 2. The fourth-order valence-corrected chi connectivity index (χ4v) is 2.96. The number of nitrogens with zero attached hydrogens (tertiary/aromatic N) is 1. The summed E-state index contributed by atoms with van der Waals surface area (Å²) in [6.45, 7) is 2.78. The van der Waals surface area contributed by atoms with Crippen molar-refractivity contribution in [2.24, 2.45) is 0 Å². The van der Waals surface area contributed by atoms with Gasteiger partial charge in [0, 0.05) is 29.2 Å². The van der Waals surface area contributed by atoms with Crippen LogP contribution in [0, 0.1) is 0 Å². The van der Waals surface area contributed by atoms with Crippen LogP contribution in [0.4, 0.5) is 5.69 Å². The van der Waals surface area contributed by atoms with Crippen molar-refractivity contribution in [2.45, 2.75) is 19.8 Å². The molecule has 0 aliphatic heterocycles. The van der Waals surface area contributed by atoms with E-state index < -0.39 is 0 Å². The van der Waals surface area contributed by atoms with Crippen molar-refractivity contribution in [1.82, 2.24) is 4.90 Å². The fourth-order valence-electron chi connectivity index (χ4n) is 2.58. The topological polar surface area (TPSA) is 67.9 Å². The third kappa shape index (κ3) is 7.23. The van der Waals surface area contributed by atoms with Gasteiger partial charge in [-0.3, -0.25) is 9.59 Å². The quantitative estimate of drug-likeness (QED) is 0.555. The summed E-state index contributed by atoms with van der Waals surface area (Å²) in [5.74, 6) is 1.11. The third-order valence-electron chi connectivity index (χ3n) is 4.02. The van der Waals surface area contributed by atoms with Crippen LogP contribution < -0.4 is 14.8 Å². The van der Waals surface area contributed by atoms with Crippen molar-refractivity contribution in [3.8, 4) is 11.5 Å². The Kier molecular flexibility index (Phi) is 8.81. The minimum absolute atomic E-state index is 0.0129. The van der Waals surface area contributed by atoms with Crippen LogP contribution in [0.15, 0.2) is 53.0 Å². The first kappa shape index (κ1) is 21.8. The number of hydrogen-bond donors (Lipinski definition) is 1. The molecule has 28 heavy (non-hydrogen) atoms. The number of rotatable bonds is 10. The number of likely N-dealkylation sites (N-methyl/N-ethyl adjacent to an activating group) is 1. The molecule has 0 bridgehead atoms. The summed E-state index contributed by atoms with van der Waals surface area (Å²) >= 11 is 3.39. The Morgan fingerprint density at radius 3 is 2.57 bits per heavy atom. The second-order valence-electron chi connectivity index (χ2n) is 6.10. The third-order valence-corrected chi connectivity index (χ3v) is 4.52. The van der Waals surface area contributed by atoms with Gasteiger partial charge in [-0.1, -0.05) is 28.1 Å². The number of ether oxygens (including phenoxy) is 2. The normalized spacial score (nSPS) is 10.2. The summed E-state index contributed by atoms with van der Waals surface area (Å²) < 4.78 is 11.7. The Hall–Kier alpha value is -2.54. The van der Waals surface area contributed by atoms with E-state index in [-0.39, 0.29) is 18.4 Å². The van der Waals surface area contributed by atoms with E-state index in [2.05, 4.69) is 21.2 Å². The van der Waals surface area contributed by atoms with Gasteiger partial charge in [-0.05, 0) is 43.7 Å². The summed E-state index contributed by atoms with van der Waals surface area (Å²) in [6, 6.07) is 14.7.